The Bertz CT molecular complexity index is 404. The molecule has 2 saturated carbocycles. The Labute approximate surface area is 115 Å². The lowest BCUT2D eigenvalue weighted by molar-refractivity contribution is 0.199. The Balaban J connectivity index is 1.45. The zero-order valence-corrected chi connectivity index (χ0v) is 11.8. The number of aromatic nitrogens is 2. The van der Waals surface area contributed by atoms with Crippen molar-refractivity contribution in [3.8, 4) is 0 Å². The molecule has 0 aromatic carbocycles. The van der Waals surface area contributed by atoms with E-state index >= 15 is 0 Å². The molecule has 4 nitrogen and oxygen atoms in total. The second-order valence-electron chi connectivity index (χ2n) is 6.18. The lowest BCUT2D eigenvalue weighted by atomic mass is 9.89. The van der Waals surface area contributed by atoms with E-state index < -0.39 is 0 Å². The van der Waals surface area contributed by atoms with Crippen molar-refractivity contribution in [1.29, 1.82) is 0 Å². The van der Waals surface area contributed by atoms with Gasteiger partial charge in [0.2, 0.25) is 0 Å². The molecule has 2 fully saturated rings. The van der Waals surface area contributed by atoms with Crippen LogP contribution in [0.3, 0.4) is 0 Å². The van der Waals surface area contributed by atoms with Crippen LogP contribution in [0, 0.1) is 17.8 Å². The van der Waals surface area contributed by atoms with Crippen molar-refractivity contribution in [1.82, 2.24) is 15.1 Å². The third-order valence-electron chi connectivity index (χ3n) is 4.80. The fourth-order valence-corrected chi connectivity index (χ4v) is 3.84. The predicted molar refractivity (Wildman–Crippen MR) is 74.7 cm³/mol. The van der Waals surface area contributed by atoms with Crippen molar-refractivity contribution < 1.29 is 4.74 Å². The van der Waals surface area contributed by atoms with Crippen LogP contribution in [0.25, 0.3) is 0 Å². The molecule has 106 valence electrons. The van der Waals surface area contributed by atoms with E-state index in [0.29, 0.717) is 0 Å². The third-order valence-corrected chi connectivity index (χ3v) is 4.80. The maximum absolute atomic E-state index is 5.02. The van der Waals surface area contributed by atoms with Gasteiger partial charge in [-0.05, 0) is 37.0 Å². The van der Waals surface area contributed by atoms with Crippen molar-refractivity contribution in [2.75, 3.05) is 20.3 Å². The molecule has 4 heteroatoms. The highest BCUT2D eigenvalue weighted by Gasteiger charge is 2.39. The summed E-state index contributed by atoms with van der Waals surface area (Å²) >= 11 is 0. The summed E-state index contributed by atoms with van der Waals surface area (Å²) in [5.74, 6) is 2.89. The molecule has 1 N–H and O–H groups in total. The molecular formula is C15H25N3O. The molecular weight excluding hydrogens is 238 g/mol. The Morgan fingerprint density at radius 3 is 3.11 bits per heavy atom. The monoisotopic (exact) mass is 263 g/mol. The van der Waals surface area contributed by atoms with E-state index in [1.807, 2.05) is 6.20 Å². The van der Waals surface area contributed by atoms with Gasteiger partial charge in [-0.2, -0.15) is 5.10 Å². The van der Waals surface area contributed by atoms with E-state index in [-0.39, 0.29) is 0 Å². The van der Waals surface area contributed by atoms with Crippen LogP contribution in [0.5, 0.6) is 0 Å². The summed E-state index contributed by atoms with van der Waals surface area (Å²) in [5, 5.41) is 7.87. The highest BCUT2D eigenvalue weighted by atomic mass is 16.5. The van der Waals surface area contributed by atoms with Crippen molar-refractivity contribution in [2.24, 2.45) is 17.8 Å². The second kappa shape index (κ2) is 6.06. The molecule has 1 aromatic rings. The van der Waals surface area contributed by atoms with Crippen molar-refractivity contribution >= 4 is 0 Å². The summed E-state index contributed by atoms with van der Waals surface area (Å²) < 4.78 is 7.17. The fourth-order valence-electron chi connectivity index (χ4n) is 3.84. The summed E-state index contributed by atoms with van der Waals surface area (Å²) in [6, 6.07) is 0. The molecule has 2 aliphatic carbocycles. The Morgan fingerprint density at radius 1 is 1.42 bits per heavy atom. The van der Waals surface area contributed by atoms with Crippen LogP contribution in [0.15, 0.2) is 12.4 Å². The highest BCUT2D eigenvalue weighted by Crippen LogP contribution is 2.48. The van der Waals surface area contributed by atoms with Crippen LogP contribution >= 0.6 is 0 Å². The van der Waals surface area contributed by atoms with Crippen molar-refractivity contribution in [2.45, 2.75) is 38.8 Å². The lowest BCUT2D eigenvalue weighted by Gasteiger charge is -2.21. The van der Waals surface area contributed by atoms with E-state index in [1.54, 1.807) is 7.11 Å². The first-order valence-corrected chi connectivity index (χ1v) is 7.56. The van der Waals surface area contributed by atoms with Gasteiger partial charge in [-0.15, -0.1) is 0 Å². The predicted octanol–water partition coefficient (Wildman–Crippen LogP) is 2.06. The van der Waals surface area contributed by atoms with Gasteiger partial charge in [0.05, 0.1) is 12.8 Å². The van der Waals surface area contributed by atoms with Crippen molar-refractivity contribution in [3.63, 3.8) is 0 Å². The van der Waals surface area contributed by atoms with Crippen LogP contribution in [-0.4, -0.2) is 30.0 Å². The van der Waals surface area contributed by atoms with Crippen molar-refractivity contribution in [3.05, 3.63) is 18.0 Å². The maximum atomic E-state index is 5.02. The molecule has 3 atom stereocenters. The molecule has 2 bridgehead atoms. The number of methoxy groups -OCH3 is 1. The highest BCUT2D eigenvalue weighted by molar-refractivity contribution is 5.03. The summed E-state index contributed by atoms with van der Waals surface area (Å²) in [5.41, 5.74) is 1.28. The molecule has 0 radical (unpaired) electrons. The van der Waals surface area contributed by atoms with Gasteiger partial charge in [-0.3, -0.25) is 4.68 Å². The molecule has 0 amide bonds. The van der Waals surface area contributed by atoms with Gasteiger partial charge >= 0.3 is 0 Å². The molecule has 1 aromatic heterocycles. The van der Waals surface area contributed by atoms with Gasteiger partial charge in [0, 0.05) is 38.5 Å². The molecule has 0 saturated heterocycles. The number of nitrogens with one attached hydrogen (secondary N) is 1. The minimum Gasteiger partial charge on any atom is -0.383 e. The van der Waals surface area contributed by atoms with Crippen LogP contribution in [0.1, 0.15) is 31.2 Å². The van der Waals surface area contributed by atoms with Crippen LogP contribution < -0.4 is 5.32 Å². The first-order chi connectivity index (χ1) is 9.35. The minimum absolute atomic E-state index is 0.763. The largest absolute Gasteiger partial charge is 0.383 e. The topological polar surface area (TPSA) is 39.1 Å². The normalized spacial score (nSPS) is 29.2. The first kappa shape index (κ1) is 13.1. The minimum atomic E-state index is 0.763. The number of ether oxygens (including phenoxy) is 1. The Morgan fingerprint density at radius 2 is 2.37 bits per heavy atom. The number of fused-ring (bicyclic) bond motifs is 2. The average molecular weight is 263 g/mol. The maximum Gasteiger partial charge on any atom is 0.0587 e. The van der Waals surface area contributed by atoms with Gasteiger partial charge in [0.1, 0.15) is 0 Å². The van der Waals surface area contributed by atoms with Gasteiger partial charge in [0.15, 0.2) is 0 Å². The Hall–Kier alpha value is -0.870. The SMILES string of the molecule is COCCNCc1cnn(CC2CC3CCC2C3)c1. The summed E-state index contributed by atoms with van der Waals surface area (Å²) in [6.45, 7) is 3.67. The first-order valence-electron chi connectivity index (χ1n) is 7.56. The zero-order chi connectivity index (χ0) is 13.1. The number of hydrogen-bond donors (Lipinski definition) is 1. The van der Waals surface area contributed by atoms with E-state index in [1.165, 1.54) is 31.2 Å². The summed E-state index contributed by atoms with van der Waals surface area (Å²) in [4.78, 5) is 0. The lowest BCUT2D eigenvalue weighted by Crippen LogP contribution is -2.18. The molecule has 2 aliphatic rings. The van der Waals surface area contributed by atoms with Crippen LogP contribution in [0.2, 0.25) is 0 Å². The molecule has 3 rings (SSSR count). The van der Waals surface area contributed by atoms with Gasteiger partial charge in [0.25, 0.3) is 0 Å². The zero-order valence-electron chi connectivity index (χ0n) is 11.8. The summed E-state index contributed by atoms with van der Waals surface area (Å²) in [7, 11) is 1.73. The molecule has 1 heterocycles. The van der Waals surface area contributed by atoms with E-state index in [9.17, 15) is 0 Å². The number of hydrogen-bond acceptors (Lipinski definition) is 3. The standard InChI is InChI=1S/C15H25N3O/c1-19-5-4-16-8-13-9-17-18(10-13)11-15-7-12-2-3-14(15)6-12/h9-10,12,14-16H,2-8,11H2,1H3. The van der Waals surface area contributed by atoms with Crippen LogP contribution in [0.4, 0.5) is 0 Å². The second-order valence-corrected chi connectivity index (χ2v) is 6.18. The third kappa shape index (κ3) is 3.18. The van der Waals surface area contributed by atoms with Crippen LogP contribution in [-0.2, 0) is 17.8 Å². The van der Waals surface area contributed by atoms with Gasteiger partial charge < -0.3 is 10.1 Å². The summed E-state index contributed by atoms with van der Waals surface area (Å²) in [6.07, 6.45) is 10.1. The van der Waals surface area contributed by atoms with Gasteiger partial charge in [-0.25, -0.2) is 0 Å². The average Bonchev–Trinajstić information content (AvgIpc) is 3.11. The number of nitrogens with zero attached hydrogens (tertiary/aromatic N) is 2. The molecule has 3 unspecified atom stereocenters. The Kier molecular flexibility index (Phi) is 4.18. The van der Waals surface area contributed by atoms with E-state index in [4.69, 9.17) is 4.74 Å². The quantitative estimate of drug-likeness (QED) is 0.765. The molecule has 0 aliphatic heterocycles. The van der Waals surface area contributed by atoms with Gasteiger partial charge in [-0.1, -0.05) is 6.42 Å². The number of rotatable bonds is 7. The molecule has 0 spiro atoms. The van der Waals surface area contributed by atoms with E-state index in [0.717, 1.165) is 44.0 Å². The van der Waals surface area contributed by atoms with E-state index in [2.05, 4.69) is 21.3 Å². The smallest absolute Gasteiger partial charge is 0.0587 e. The fraction of sp³-hybridized carbons (Fsp3) is 0.800. The molecule has 19 heavy (non-hydrogen) atoms.